The van der Waals surface area contributed by atoms with E-state index >= 15 is 0 Å². The molecule has 0 bridgehead atoms. The number of nitrogens with one attached hydrogen (secondary N) is 2. The van der Waals surface area contributed by atoms with Crippen LogP contribution in [-0.4, -0.2) is 29.8 Å². The van der Waals surface area contributed by atoms with Gasteiger partial charge in [0, 0.05) is 6.54 Å². The first-order valence-corrected chi connectivity index (χ1v) is 6.29. The van der Waals surface area contributed by atoms with Gasteiger partial charge >= 0.3 is 5.69 Å². The first-order chi connectivity index (χ1) is 8.81. The first-order valence-electron chi connectivity index (χ1n) is 6.29. The van der Waals surface area contributed by atoms with Gasteiger partial charge in [-0.25, -0.2) is 4.79 Å². The second kappa shape index (κ2) is 4.49. The molecule has 1 atom stereocenters. The van der Waals surface area contributed by atoms with Gasteiger partial charge < -0.3 is 15.0 Å². The van der Waals surface area contributed by atoms with E-state index in [1.165, 1.54) is 0 Å². The Hall–Kier alpha value is -1.75. The average molecular weight is 247 g/mol. The normalized spacial score (nSPS) is 20.2. The van der Waals surface area contributed by atoms with Crippen LogP contribution in [0.4, 0.5) is 0 Å². The van der Waals surface area contributed by atoms with E-state index in [0.717, 1.165) is 37.0 Å². The average Bonchev–Trinajstić information content (AvgIpc) is 2.75. The minimum atomic E-state index is -0.0526. The van der Waals surface area contributed by atoms with Crippen molar-refractivity contribution in [2.45, 2.75) is 18.9 Å². The molecule has 18 heavy (non-hydrogen) atoms. The Morgan fingerprint density at radius 2 is 2.33 bits per heavy atom. The zero-order chi connectivity index (χ0) is 12.5. The van der Waals surface area contributed by atoms with E-state index in [1.807, 2.05) is 22.8 Å². The summed E-state index contributed by atoms with van der Waals surface area (Å²) in [4.78, 5) is 15.0. The summed E-state index contributed by atoms with van der Waals surface area (Å²) in [6, 6.07) is 5.97. The molecule has 5 nitrogen and oxygen atoms in total. The Morgan fingerprint density at radius 1 is 1.44 bits per heavy atom. The fraction of sp³-hybridized carbons (Fsp3) is 0.462. The van der Waals surface area contributed by atoms with Gasteiger partial charge in [-0.05, 0) is 31.5 Å². The van der Waals surface area contributed by atoms with Gasteiger partial charge in [0.05, 0.1) is 18.7 Å². The Kier molecular flexibility index (Phi) is 2.83. The van der Waals surface area contributed by atoms with Crippen molar-refractivity contribution in [1.82, 2.24) is 14.9 Å². The number of fused-ring (bicyclic) bond motifs is 1. The van der Waals surface area contributed by atoms with Crippen molar-refractivity contribution in [2.24, 2.45) is 0 Å². The monoisotopic (exact) mass is 247 g/mol. The molecule has 1 fully saturated rings. The van der Waals surface area contributed by atoms with Crippen molar-refractivity contribution >= 4 is 11.0 Å². The van der Waals surface area contributed by atoms with Gasteiger partial charge in [0.25, 0.3) is 0 Å². The van der Waals surface area contributed by atoms with Crippen LogP contribution in [0.25, 0.3) is 11.0 Å². The Balaban J connectivity index is 2.16. The summed E-state index contributed by atoms with van der Waals surface area (Å²) in [6.07, 6.45) is 2.14. The summed E-state index contributed by atoms with van der Waals surface area (Å²) in [5, 5.41) is 3.34. The van der Waals surface area contributed by atoms with Gasteiger partial charge in [0.2, 0.25) is 0 Å². The predicted molar refractivity (Wildman–Crippen MR) is 70.3 cm³/mol. The van der Waals surface area contributed by atoms with Gasteiger partial charge in [-0.2, -0.15) is 0 Å². The molecule has 1 aliphatic heterocycles. The minimum Gasteiger partial charge on any atom is -0.494 e. The quantitative estimate of drug-likeness (QED) is 0.840. The fourth-order valence-electron chi connectivity index (χ4n) is 2.71. The van der Waals surface area contributed by atoms with Crippen LogP contribution in [0.3, 0.4) is 0 Å². The van der Waals surface area contributed by atoms with E-state index in [0.29, 0.717) is 5.75 Å². The Labute approximate surface area is 105 Å². The van der Waals surface area contributed by atoms with Crippen LogP contribution in [0, 0.1) is 0 Å². The van der Waals surface area contributed by atoms with Crippen LogP contribution in [0.5, 0.6) is 5.75 Å². The summed E-state index contributed by atoms with van der Waals surface area (Å²) in [5.41, 5.74) is 1.66. The molecule has 1 aromatic heterocycles. The van der Waals surface area contributed by atoms with E-state index in [1.54, 1.807) is 7.11 Å². The molecule has 96 valence electrons. The smallest absolute Gasteiger partial charge is 0.326 e. The summed E-state index contributed by atoms with van der Waals surface area (Å²) < 4.78 is 7.14. The highest BCUT2D eigenvalue weighted by Gasteiger charge is 2.20. The first kappa shape index (κ1) is 11.3. The SMILES string of the molecule is COc1cccc2c1[nH]c(=O)n2C1CCCNC1. The molecule has 0 aliphatic carbocycles. The second-order valence-electron chi connectivity index (χ2n) is 4.65. The van der Waals surface area contributed by atoms with Crippen molar-refractivity contribution < 1.29 is 4.74 Å². The number of rotatable bonds is 2. The molecular formula is C13H17N3O2. The molecule has 1 aromatic carbocycles. The lowest BCUT2D eigenvalue weighted by Gasteiger charge is -2.23. The number of hydrogen-bond acceptors (Lipinski definition) is 3. The summed E-state index contributed by atoms with van der Waals surface area (Å²) in [6.45, 7) is 1.89. The topological polar surface area (TPSA) is 59.1 Å². The molecule has 1 saturated heterocycles. The number of nitrogens with zero attached hydrogens (tertiary/aromatic N) is 1. The van der Waals surface area contributed by atoms with Gasteiger partial charge in [0.1, 0.15) is 11.3 Å². The molecule has 0 saturated carbocycles. The van der Waals surface area contributed by atoms with Crippen molar-refractivity contribution in [3.63, 3.8) is 0 Å². The number of ether oxygens (including phenoxy) is 1. The van der Waals surface area contributed by atoms with E-state index in [4.69, 9.17) is 4.74 Å². The lowest BCUT2D eigenvalue weighted by Crippen LogP contribution is -2.35. The number of benzene rings is 1. The van der Waals surface area contributed by atoms with E-state index in [2.05, 4.69) is 10.3 Å². The van der Waals surface area contributed by atoms with Crippen molar-refractivity contribution in [2.75, 3.05) is 20.2 Å². The number of aromatic amines is 1. The molecule has 2 heterocycles. The van der Waals surface area contributed by atoms with Gasteiger partial charge in [0.15, 0.2) is 0 Å². The molecule has 1 aliphatic rings. The number of piperidine rings is 1. The van der Waals surface area contributed by atoms with E-state index in [9.17, 15) is 4.79 Å². The van der Waals surface area contributed by atoms with Crippen LogP contribution in [0.2, 0.25) is 0 Å². The molecule has 3 rings (SSSR count). The Morgan fingerprint density at radius 3 is 3.06 bits per heavy atom. The highest BCUT2D eigenvalue weighted by atomic mass is 16.5. The maximum Gasteiger partial charge on any atom is 0.326 e. The number of para-hydroxylation sites is 1. The maximum absolute atomic E-state index is 12.1. The number of hydrogen-bond donors (Lipinski definition) is 2. The number of H-pyrrole nitrogens is 1. The lowest BCUT2D eigenvalue weighted by atomic mass is 10.1. The summed E-state index contributed by atoms with van der Waals surface area (Å²) >= 11 is 0. The highest BCUT2D eigenvalue weighted by Crippen LogP contribution is 2.26. The summed E-state index contributed by atoms with van der Waals surface area (Å²) in [7, 11) is 1.62. The number of imidazole rings is 1. The number of aromatic nitrogens is 2. The van der Waals surface area contributed by atoms with Gasteiger partial charge in [-0.1, -0.05) is 6.07 Å². The van der Waals surface area contributed by atoms with Crippen molar-refractivity contribution in [1.29, 1.82) is 0 Å². The van der Waals surface area contributed by atoms with E-state index in [-0.39, 0.29) is 11.7 Å². The molecule has 0 amide bonds. The largest absolute Gasteiger partial charge is 0.494 e. The third kappa shape index (κ3) is 1.71. The van der Waals surface area contributed by atoms with Crippen LogP contribution < -0.4 is 15.7 Å². The molecule has 1 unspecified atom stereocenters. The zero-order valence-corrected chi connectivity index (χ0v) is 10.4. The Bertz CT molecular complexity index is 608. The third-order valence-electron chi connectivity index (χ3n) is 3.57. The van der Waals surface area contributed by atoms with Crippen molar-refractivity contribution in [3.05, 3.63) is 28.7 Å². The van der Waals surface area contributed by atoms with Crippen LogP contribution in [0.15, 0.2) is 23.0 Å². The molecule has 0 radical (unpaired) electrons. The lowest BCUT2D eigenvalue weighted by molar-refractivity contribution is 0.372. The van der Waals surface area contributed by atoms with Crippen LogP contribution >= 0.6 is 0 Å². The fourth-order valence-corrected chi connectivity index (χ4v) is 2.71. The predicted octanol–water partition coefficient (Wildman–Crippen LogP) is 1.26. The van der Waals surface area contributed by atoms with E-state index < -0.39 is 0 Å². The molecule has 0 spiro atoms. The third-order valence-corrected chi connectivity index (χ3v) is 3.57. The molecule has 2 aromatic rings. The summed E-state index contributed by atoms with van der Waals surface area (Å²) in [5.74, 6) is 0.715. The van der Waals surface area contributed by atoms with Crippen LogP contribution in [-0.2, 0) is 0 Å². The maximum atomic E-state index is 12.1. The number of methoxy groups -OCH3 is 1. The standard InChI is InChI=1S/C13H17N3O2/c1-18-11-6-2-5-10-12(11)15-13(17)16(10)9-4-3-7-14-8-9/h2,5-6,9,14H,3-4,7-8H2,1H3,(H,15,17). The minimum absolute atomic E-state index is 0.0526. The zero-order valence-electron chi connectivity index (χ0n) is 10.4. The molecule has 2 N–H and O–H groups in total. The second-order valence-corrected chi connectivity index (χ2v) is 4.65. The molecular weight excluding hydrogens is 230 g/mol. The van der Waals surface area contributed by atoms with Gasteiger partial charge in [-0.15, -0.1) is 0 Å². The molecule has 5 heteroatoms. The van der Waals surface area contributed by atoms with Crippen LogP contribution in [0.1, 0.15) is 18.9 Å². The van der Waals surface area contributed by atoms with Gasteiger partial charge in [-0.3, -0.25) is 4.57 Å². The van der Waals surface area contributed by atoms with Crippen molar-refractivity contribution in [3.8, 4) is 5.75 Å². The highest BCUT2D eigenvalue weighted by molar-refractivity contribution is 5.82.